The van der Waals surface area contributed by atoms with Crippen LogP contribution in [0.3, 0.4) is 0 Å². The Kier molecular flexibility index (Phi) is 12.1. The van der Waals surface area contributed by atoms with Gasteiger partial charge in [-0.2, -0.15) is 49.6 Å². The Hall–Kier alpha value is 2.10. The Bertz CT molecular complexity index is 77.4. The van der Waals surface area contributed by atoms with Gasteiger partial charge in [-0.25, -0.2) is 0 Å². The minimum absolute atomic E-state index is 0.382. The van der Waals surface area contributed by atoms with Gasteiger partial charge in [0.25, 0.3) is 0 Å². The van der Waals surface area contributed by atoms with Crippen LogP contribution < -0.4 is 0 Å². The molecule has 6 heteroatoms. The maximum Gasteiger partial charge on any atom is 0.0936 e. The first-order valence-electron chi connectivity index (χ1n) is 3.02. The standard InChI is InChI=1S/C5H12S6/c6-3-9-1-2-10-5(8)11-4-7/h5-8H,1-4H2. The van der Waals surface area contributed by atoms with Crippen molar-refractivity contribution in [1.82, 2.24) is 0 Å². The average molecular weight is 265 g/mol. The molecule has 68 valence electrons. The van der Waals surface area contributed by atoms with Crippen LogP contribution in [-0.2, 0) is 0 Å². The Morgan fingerprint density at radius 1 is 1.00 bits per heavy atom. The summed E-state index contributed by atoms with van der Waals surface area (Å²) in [5.74, 6) is 2.32. The van der Waals surface area contributed by atoms with E-state index in [0.717, 1.165) is 15.9 Å². The summed E-state index contributed by atoms with van der Waals surface area (Å²) in [7, 11) is 0. The van der Waals surface area contributed by atoms with Gasteiger partial charge in [0.05, 0.1) is 3.91 Å². The molecule has 0 aliphatic carbocycles. The molecule has 0 aromatic carbocycles. The SMILES string of the molecule is SCSCCSC(S)SCS. The van der Waals surface area contributed by atoms with Crippen LogP contribution in [0.25, 0.3) is 0 Å². The maximum absolute atomic E-state index is 4.36. The molecular formula is C5H12S6. The highest BCUT2D eigenvalue weighted by Crippen LogP contribution is 2.27. The molecule has 0 saturated heterocycles. The number of thioether (sulfide) groups is 3. The van der Waals surface area contributed by atoms with Crippen molar-refractivity contribution in [3.63, 3.8) is 0 Å². The fourth-order valence-electron chi connectivity index (χ4n) is 0.384. The Labute approximate surface area is 98.0 Å². The monoisotopic (exact) mass is 264 g/mol. The third kappa shape index (κ3) is 10.0. The van der Waals surface area contributed by atoms with E-state index in [0.29, 0.717) is 3.91 Å². The van der Waals surface area contributed by atoms with E-state index in [9.17, 15) is 0 Å². The van der Waals surface area contributed by atoms with E-state index in [1.165, 1.54) is 5.75 Å². The number of thiol groups is 3. The topological polar surface area (TPSA) is 0 Å². The van der Waals surface area contributed by atoms with E-state index in [1.807, 2.05) is 23.5 Å². The third-order valence-corrected chi connectivity index (χ3v) is 5.60. The number of hydrogen-bond acceptors (Lipinski definition) is 6. The van der Waals surface area contributed by atoms with Crippen molar-refractivity contribution < 1.29 is 0 Å². The molecule has 0 nitrogen and oxygen atoms in total. The second-order valence-electron chi connectivity index (χ2n) is 1.51. The van der Waals surface area contributed by atoms with Crippen molar-refractivity contribution in [3.8, 4) is 0 Å². The summed E-state index contributed by atoms with van der Waals surface area (Å²) in [6.07, 6.45) is 0. The van der Waals surface area contributed by atoms with Gasteiger partial charge < -0.3 is 0 Å². The van der Waals surface area contributed by atoms with Crippen molar-refractivity contribution in [2.24, 2.45) is 0 Å². The van der Waals surface area contributed by atoms with Crippen molar-refractivity contribution in [2.45, 2.75) is 3.91 Å². The smallest absolute Gasteiger partial charge is 0.0936 e. The zero-order chi connectivity index (χ0) is 8.53. The molecule has 0 aliphatic heterocycles. The first-order chi connectivity index (χ1) is 5.31. The van der Waals surface area contributed by atoms with Crippen molar-refractivity contribution >= 4 is 73.2 Å². The van der Waals surface area contributed by atoms with E-state index < -0.39 is 0 Å². The van der Waals surface area contributed by atoms with Crippen LogP contribution in [0.2, 0.25) is 0 Å². The van der Waals surface area contributed by atoms with Crippen LogP contribution in [0.1, 0.15) is 0 Å². The molecule has 0 heterocycles. The molecule has 0 amide bonds. The minimum Gasteiger partial charge on any atom is -0.168 e. The molecule has 0 aliphatic rings. The number of hydrogen-bond donors (Lipinski definition) is 3. The molecule has 0 fully saturated rings. The lowest BCUT2D eigenvalue weighted by atomic mass is 11.0. The van der Waals surface area contributed by atoms with Crippen LogP contribution in [0.15, 0.2) is 0 Å². The minimum atomic E-state index is 0.382. The predicted octanol–water partition coefficient (Wildman–Crippen LogP) is 3.17. The highest BCUT2D eigenvalue weighted by Gasteiger charge is 2.00. The highest BCUT2D eigenvalue weighted by atomic mass is 32.3. The summed E-state index contributed by atoms with van der Waals surface area (Å²) >= 11 is 18.0. The molecule has 11 heavy (non-hydrogen) atoms. The van der Waals surface area contributed by atoms with E-state index >= 15 is 0 Å². The molecule has 0 radical (unpaired) electrons. The first kappa shape index (κ1) is 13.1. The third-order valence-electron chi connectivity index (χ3n) is 0.796. The lowest BCUT2D eigenvalue weighted by molar-refractivity contribution is 1.55. The molecule has 0 rings (SSSR count). The van der Waals surface area contributed by atoms with E-state index in [4.69, 9.17) is 0 Å². The molecular weight excluding hydrogens is 252 g/mol. The summed E-state index contributed by atoms with van der Waals surface area (Å²) < 4.78 is 0.382. The predicted molar refractivity (Wildman–Crippen MR) is 73.0 cm³/mol. The van der Waals surface area contributed by atoms with Gasteiger partial charge in [-0.1, -0.05) is 0 Å². The maximum atomic E-state index is 4.36. The van der Waals surface area contributed by atoms with Gasteiger partial charge in [-0.15, -0.1) is 23.5 Å². The van der Waals surface area contributed by atoms with Gasteiger partial charge >= 0.3 is 0 Å². The summed E-state index contributed by atoms with van der Waals surface area (Å²) in [5.41, 5.74) is 0. The van der Waals surface area contributed by atoms with Crippen LogP contribution in [0.4, 0.5) is 0 Å². The molecule has 0 spiro atoms. The Morgan fingerprint density at radius 3 is 2.27 bits per heavy atom. The lowest BCUT2D eigenvalue weighted by Crippen LogP contribution is -1.90. The van der Waals surface area contributed by atoms with Gasteiger partial charge in [-0.3, -0.25) is 0 Å². The van der Waals surface area contributed by atoms with Crippen LogP contribution in [-0.4, -0.2) is 25.6 Å². The molecule has 0 bridgehead atoms. The largest absolute Gasteiger partial charge is 0.168 e. The molecule has 1 unspecified atom stereocenters. The molecule has 1 atom stereocenters. The van der Waals surface area contributed by atoms with Crippen LogP contribution in [0, 0.1) is 0 Å². The zero-order valence-corrected chi connectivity index (χ0v) is 11.1. The Balaban J connectivity index is 2.97. The summed E-state index contributed by atoms with van der Waals surface area (Å²) in [6.45, 7) is 0. The fraction of sp³-hybridized carbons (Fsp3) is 1.00. The lowest BCUT2D eigenvalue weighted by Gasteiger charge is -2.06. The molecule has 0 N–H and O–H groups in total. The van der Waals surface area contributed by atoms with Crippen molar-refractivity contribution in [2.75, 3.05) is 21.7 Å². The van der Waals surface area contributed by atoms with Gasteiger partial charge in [0.2, 0.25) is 0 Å². The first-order valence-corrected chi connectivity index (χ1v) is 8.05. The number of rotatable bonds is 7. The molecule has 0 saturated carbocycles. The van der Waals surface area contributed by atoms with Crippen molar-refractivity contribution in [1.29, 1.82) is 0 Å². The highest BCUT2D eigenvalue weighted by molar-refractivity contribution is 8.30. The van der Waals surface area contributed by atoms with E-state index in [1.54, 1.807) is 11.8 Å². The second-order valence-corrected chi connectivity index (χ2v) is 7.92. The van der Waals surface area contributed by atoms with Gasteiger partial charge in [0.15, 0.2) is 0 Å². The van der Waals surface area contributed by atoms with E-state index in [-0.39, 0.29) is 0 Å². The average Bonchev–Trinajstić information content (AvgIpc) is 1.99. The molecule has 0 aromatic heterocycles. The summed E-state index contributed by atoms with van der Waals surface area (Å²) in [6, 6.07) is 0. The fourth-order valence-corrected chi connectivity index (χ4v) is 4.61. The van der Waals surface area contributed by atoms with Crippen LogP contribution in [0.5, 0.6) is 0 Å². The van der Waals surface area contributed by atoms with E-state index in [2.05, 4.69) is 37.9 Å². The summed E-state index contributed by atoms with van der Waals surface area (Å²) in [5, 5.41) is 1.76. The molecule has 0 aromatic rings. The van der Waals surface area contributed by atoms with Gasteiger partial charge in [0, 0.05) is 21.7 Å². The Morgan fingerprint density at radius 2 is 1.73 bits per heavy atom. The van der Waals surface area contributed by atoms with Gasteiger partial charge in [0.1, 0.15) is 0 Å². The van der Waals surface area contributed by atoms with Gasteiger partial charge in [-0.05, 0) is 0 Å². The normalized spacial score (nSPS) is 13.4. The van der Waals surface area contributed by atoms with Crippen molar-refractivity contribution in [3.05, 3.63) is 0 Å². The van der Waals surface area contributed by atoms with Crippen LogP contribution >= 0.6 is 73.2 Å². The summed E-state index contributed by atoms with van der Waals surface area (Å²) in [4.78, 5) is 0. The zero-order valence-electron chi connectivity index (χ0n) is 5.97. The second kappa shape index (κ2) is 10.2. The quantitative estimate of drug-likeness (QED) is 0.367.